The molecule has 0 saturated heterocycles. The van der Waals surface area contributed by atoms with Crippen LogP contribution in [-0.2, 0) is 0 Å². The Morgan fingerprint density at radius 1 is 0.431 bits per heavy atom. The largest absolute Gasteiger partial charge is 0.456 e. The van der Waals surface area contributed by atoms with E-state index in [4.69, 9.17) is 19.4 Å². The Hall–Kier alpha value is -6.63. The molecule has 6 heteroatoms. The van der Waals surface area contributed by atoms with Crippen LogP contribution in [0.2, 0.25) is 0 Å². The molecule has 5 nitrogen and oxygen atoms in total. The van der Waals surface area contributed by atoms with Crippen LogP contribution in [0.15, 0.2) is 162 Å². The van der Waals surface area contributed by atoms with Gasteiger partial charge in [-0.3, -0.25) is 0 Å². The first-order valence-electron chi connectivity index (χ1n) is 16.9. The summed E-state index contributed by atoms with van der Waals surface area (Å²) in [6, 6.07) is 55.0. The summed E-state index contributed by atoms with van der Waals surface area (Å²) in [7, 11) is 0. The zero-order valence-corrected chi connectivity index (χ0v) is 27.9. The lowest BCUT2D eigenvalue weighted by atomic mass is 10.1. The minimum atomic E-state index is 0.599. The van der Waals surface area contributed by atoms with Crippen molar-refractivity contribution in [3.63, 3.8) is 0 Å². The number of benzene rings is 7. The summed E-state index contributed by atoms with van der Waals surface area (Å²) in [6.07, 6.45) is 0. The van der Waals surface area contributed by atoms with Gasteiger partial charge in [-0.15, -0.1) is 11.3 Å². The summed E-state index contributed by atoms with van der Waals surface area (Å²) in [5, 5.41) is 7.08. The average molecular weight is 671 g/mol. The van der Waals surface area contributed by atoms with Crippen LogP contribution in [-0.4, -0.2) is 19.5 Å². The predicted octanol–water partition coefficient (Wildman–Crippen LogP) is 12.2. The van der Waals surface area contributed by atoms with Crippen LogP contribution in [0.3, 0.4) is 0 Å². The van der Waals surface area contributed by atoms with E-state index in [1.54, 1.807) is 11.3 Å². The number of fused-ring (bicyclic) bond motifs is 9. The van der Waals surface area contributed by atoms with E-state index < -0.39 is 0 Å². The third kappa shape index (κ3) is 4.37. The van der Waals surface area contributed by atoms with Gasteiger partial charge in [0.1, 0.15) is 11.2 Å². The van der Waals surface area contributed by atoms with Gasteiger partial charge in [-0.25, -0.2) is 15.0 Å². The predicted molar refractivity (Wildman–Crippen MR) is 211 cm³/mol. The minimum Gasteiger partial charge on any atom is -0.456 e. The van der Waals surface area contributed by atoms with Gasteiger partial charge in [0.2, 0.25) is 0 Å². The van der Waals surface area contributed by atoms with Crippen molar-refractivity contribution in [3.05, 3.63) is 158 Å². The Bertz CT molecular complexity index is 3100. The SMILES string of the molecule is c1ccc2c(c1)oc1cc(-c3nc(-c4ccc(-n5c6ccccc6c6ccccc65)cc4)nc(-c4cccc5c4sc4ccccc45)n3)ccc12. The molecule has 4 aromatic heterocycles. The van der Waals surface area contributed by atoms with Crippen molar-refractivity contribution < 1.29 is 4.42 Å². The van der Waals surface area contributed by atoms with E-state index >= 15 is 0 Å². The van der Waals surface area contributed by atoms with Crippen molar-refractivity contribution in [2.45, 2.75) is 0 Å². The van der Waals surface area contributed by atoms with Crippen molar-refractivity contribution in [2.24, 2.45) is 0 Å². The van der Waals surface area contributed by atoms with Crippen LogP contribution in [0, 0.1) is 0 Å². The molecule has 0 amide bonds. The summed E-state index contributed by atoms with van der Waals surface area (Å²) in [5.74, 6) is 1.86. The highest BCUT2D eigenvalue weighted by molar-refractivity contribution is 7.26. The number of hydrogen-bond acceptors (Lipinski definition) is 5. The summed E-state index contributed by atoms with van der Waals surface area (Å²) in [6.45, 7) is 0. The summed E-state index contributed by atoms with van der Waals surface area (Å²) < 4.78 is 11.0. The van der Waals surface area contributed by atoms with Crippen LogP contribution in [0.4, 0.5) is 0 Å². The normalized spacial score (nSPS) is 11.9. The Labute approximate surface area is 295 Å². The van der Waals surface area contributed by atoms with Crippen LogP contribution in [0.25, 0.3) is 104 Å². The molecule has 238 valence electrons. The standard InChI is InChI=1S/C45H26N4OS/c1-5-16-37-30(10-1)31-11-2-6-17-38(31)49(37)29-23-20-27(21-24-29)43-46-44(28-22-25-33-32-12-3-7-18-39(32)50-40(33)26-28)48-45(47-43)36-15-9-14-35-34-13-4-8-19-41(34)51-42(35)36/h1-26H. The molecule has 0 bridgehead atoms. The Balaban J connectivity index is 1.10. The van der Waals surface area contributed by atoms with E-state index in [2.05, 4.69) is 138 Å². The van der Waals surface area contributed by atoms with Crippen LogP contribution < -0.4 is 0 Å². The van der Waals surface area contributed by atoms with Gasteiger partial charge in [-0.05, 0) is 66.7 Å². The van der Waals surface area contributed by atoms with E-state index in [0.29, 0.717) is 17.5 Å². The topological polar surface area (TPSA) is 56.7 Å². The van der Waals surface area contributed by atoms with E-state index in [1.807, 2.05) is 24.3 Å². The average Bonchev–Trinajstić information content (AvgIpc) is 3.87. The molecular weight excluding hydrogens is 645 g/mol. The highest BCUT2D eigenvalue weighted by Crippen LogP contribution is 2.40. The number of furan rings is 1. The molecule has 0 aliphatic rings. The molecule has 0 radical (unpaired) electrons. The quantitative estimate of drug-likeness (QED) is 0.187. The first kappa shape index (κ1) is 28.2. The molecule has 0 atom stereocenters. The van der Waals surface area contributed by atoms with Crippen LogP contribution in [0.5, 0.6) is 0 Å². The maximum atomic E-state index is 6.27. The van der Waals surface area contributed by atoms with Crippen molar-refractivity contribution in [1.82, 2.24) is 19.5 Å². The summed E-state index contributed by atoms with van der Waals surface area (Å²) in [5.41, 5.74) is 7.87. The zero-order chi connectivity index (χ0) is 33.5. The second-order valence-corrected chi connectivity index (χ2v) is 13.9. The van der Waals surface area contributed by atoms with Gasteiger partial charge < -0.3 is 8.98 Å². The van der Waals surface area contributed by atoms with Gasteiger partial charge in [0, 0.05) is 64.1 Å². The third-order valence-corrected chi connectivity index (χ3v) is 11.1. The van der Waals surface area contributed by atoms with Gasteiger partial charge in [0.05, 0.1) is 11.0 Å². The smallest absolute Gasteiger partial charge is 0.165 e. The third-order valence-electron chi connectivity index (χ3n) is 9.88. The second-order valence-electron chi connectivity index (χ2n) is 12.8. The molecule has 0 fully saturated rings. The fourth-order valence-corrected chi connectivity index (χ4v) is 8.71. The molecule has 0 N–H and O–H groups in total. The van der Waals surface area contributed by atoms with Crippen molar-refractivity contribution in [1.29, 1.82) is 0 Å². The zero-order valence-electron chi connectivity index (χ0n) is 27.1. The lowest BCUT2D eigenvalue weighted by Gasteiger charge is -2.11. The van der Waals surface area contributed by atoms with Crippen molar-refractivity contribution in [3.8, 4) is 39.9 Å². The molecule has 11 rings (SSSR count). The second kappa shape index (κ2) is 10.9. The van der Waals surface area contributed by atoms with E-state index in [0.717, 1.165) is 49.0 Å². The number of rotatable bonds is 4. The van der Waals surface area contributed by atoms with Gasteiger partial charge >= 0.3 is 0 Å². The molecule has 0 aliphatic heterocycles. The van der Waals surface area contributed by atoms with Crippen molar-refractivity contribution in [2.75, 3.05) is 0 Å². The number of aromatic nitrogens is 4. The molecule has 11 aromatic rings. The summed E-state index contributed by atoms with van der Waals surface area (Å²) in [4.78, 5) is 15.4. The van der Waals surface area contributed by atoms with Crippen LogP contribution in [0.1, 0.15) is 0 Å². The maximum Gasteiger partial charge on any atom is 0.165 e. The van der Waals surface area contributed by atoms with E-state index in [-0.39, 0.29) is 0 Å². The maximum absolute atomic E-state index is 6.27. The molecule has 0 aliphatic carbocycles. The van der Waals surface area contributed by atoms with Gasteiger partial charge in [-0.2, -0.15) is 0 Å². The number of nitrogens with zero attached hydrogens (tertiary/aromatic N) is 4. The van der Waals surface area contributed by atoms with Crippen molar-refractivity contribution >= 4 is 75.3 Å². The van der Waals surface area contributed by atoms with E-state index in [1.165, 1.54) is 37.3 Å². The molecule has 4 heterocycles. The van der Waals surface area contributed by atoms with Gasteiger partial charge in [-0.1, -0.05) is 91.0 Å². The number of para-hydroxylation sites is 3. The Morgan fingerprint density at radius 3 is 1.80 bits per heavy atom. The lowest BCUT2D eigenvalue weighted by Crippen LogP contribution is -2.00. The monoisotopic (exact) mass is 670 g/mol. The highest BCUT2D eigenvalue weighted by atomic mass is 32.1. The lowest BCUT2D eigenvalue weighted by molar-refractivity contribution is 0.669. The first-order chi connectivity index (χ1) is 25.3. The van der Waals surface area contributed by atoms with Crippen LogP contribution >= 0.6 is 11.3 Å². The van der Waals surface area contributed by atoms with Gasteiger partial charge in [0.25, 0.3) is 0 Å². The summed E-state index contributed by atoms with van der Waals surface area (Å²) >= 11 is 1.77. The fourth-order valence-electron chi connectivity index (χ4n) is 7.50. The van der Waals surface area contributed by atoms with Gasteiger partial charge in [0.15, 0.2) is 17.5 Å². The molecule has 51 heavy (non-hydrogen) atoms. The molecule has 0 spiro atoms. The Kier molecular flexibility index (Phi) is 6.05. The number of thiophene rings is 1. The minimum absolute atomic E-state index is 0.599. The first-order valence-corrected chi connectivity index (χ1v) is 17.8. The molecule has 0 saturated carbocycles. The molecule has 0 unspecified atom stereocenters. The number of hydrogen-bond donors (Lipinski definition) is 0. The molecular formula is C45H26N4OS. The highest BCUT2D eigenvalue weighted by Gasteiger charge is 2.18. The van der Waals surface area contributed by atoms with E-state index in [9.17, 15) is 0 Å². The molecule has 7 aromatic carbocycles. The Morgan fingerprint density at radius 2 is 1.02 bits per heavy atom. The fraction of sp³-hybridized carbons (Fsp3) is 0.